The lowest BCUT2D eigenvalue weighted by Crippen LogP contribution is -2.29. The maximum Gasteiger partial charge on any atom is 0.225 e. The molecule has 0 unspecified atom stereocenters. The Balaban J connectivity index is 2.22. The van der Waals surface area contributed by atoms with Crippen molar-refractivity contribution in [2.24, 2.45) is 0 Å². The Labute approximate surface area is 103 Å². The molecule has 2 heterocycles. The van der Waals surface area contributed by atoms with Gasteiger partial charge in [0.15, 0.2) is 0 Å². The van der Waals surface area contributed by atoms with E-state index in [1.807, 2.05) is 6.20 Å². The summed E-state index contributed by atoms with van der Waals surface area (Å²) in [5.41, 5.74) is 2.36. The molecule has 0 atom stereocenters. The fraction of sp³-hybridized carbons (Fsp3) is 0.692. The van der Waals surface area contributed by atoms with Gasteiger partial charge in [-0.05, 0) is 31.4 Å². The van der Waals surface area contributed by atoms with Crippen molar-refractivity contribution >= 4 is 5.95 Å². The summed E-state index contributed by atoms with van der Waals surface area (Å²) in [7, 11) is 0. The summed E-state index contributed by atoms with van der Waals surface area (Å²) in [6, 6.07) is 0. The Morgan fingerprint density at radius 1 is 1.29 bits per heavy atom. The molecule has 0 saturated carbocycles. The second kappa shape index (κ2) is 5.45. The zero-order chi connectivity index (χ0) is 12.3. The van der Waals surface area contributed by atoms with Gasteiger partial charge in [-0.15, -0.1) is 0 Å². The van der Waals surface area contributed by atoms with Crippen LogP contribution < -0.4 is 10.2 Å². The molecule has 4 heteroatoms. The molecule has 0 radical (unpaired) electrons. The number of rotatable bonds is 2. The fourth-order valence-electron chi connectivity index (χ4n) is 2.23. The monoisotopic (exact) mass is 234 g/mol. The summed E-state index contributed by atoms with van der Waals surface area (Å²) in [5, 5.41) is 3.40. The maximum atomic E-state index is 4.72. The van der Waals surface area contributed by atoms with Crippen molar-refractivity contribution in [3.8, 4) is 0 Å². The molecule has 1 aromatic rings. The molecule has 0 amide bonds. The van der Waals surface area contributed by atoms with Crippen LogP contribution >= 0.6 is 0 Å². The molecule has 1 aromatic heterocycles. The van der Waals surface area contributed by atoms with Crippen molar-refractivity contribution in [3.63, 3.8) is 0 Å². The fourth-order valence-corrected chi connectivity index (χ4v) is 2.23. The van der Waals surface area contributed by atoms with Crippen molar-refractivity contribution in [2.75, 3.05) is 31.1 Å². The predicted octanol–water partition coefficient (Wildman–Crippen LogP) is 1.71. The third kappa shape index (κ3) is 2.94. The zero-order valence-electron chi connectivity index (χ0n) is 11.0. The normalized spacial score (nSPS) is 17.3. The van der Waals surface area contributed by atoms with Gasteiger partial charge in [-0.25, -0.2) is 9.97 Å². The van der Waals surface area contributed by atoms with E-state index in [2.05, 4.69) is 36.0 Å². The first-order valence-electron chi connectivity index (χ1n) is 6.47. The minimum absolute atomic E-state index is 0.460. The van der Waals surface area contributed by atoms with Crippen LogP contribution in [-0.2, 0) is 0 Å². The molecular weight excluding hydrogens is 212 g/mol. The molecule has 17 heavy (non-hydrogen) atoms. The van der Waals surface area contributed by atoms with Gasteiger partial charge in [0.1, 0.15) is 0 Å². The Bertz CT molecular complexity index is 368. The van der Waals surface area contributed by atoms with Crippen LogP contribution in [0.5, 0.6) is 0 Å². The minimum atomic E-state index is 0.460. The molecule has 1 saturated heterocycles. The summed E-state index contributed by atoms with van der Waals surface area (Å²) in [6.45, 7) is 10.6. The van der Waals surface area contributed by atoms with Gasteiger partial charge in [-0.2, -0.15) is 0 Å². The van der Waals surface area contributed by atoms with Crippen molar-refractivity contribution in [3.05, 3.63) is 17.5 Å². The Morgan fingerprint density at radius 2 is 2.12 bits per heavy atom. The van der Waals surface area contributed by atoms with E-state index in [-0.39, 0.29) is 0 Å². The van der Waals surface area contributed by atoms with Crippen LogP contribution in [0.1, 0.15) is 37.4 Å². The lowest BCUT2D eigenvalue weighted by molar-refractivity contribution is 0.724. The quantitative estimate of drug-likeness (QED) is 0.846. The molecule has 1 N–H and O–H groups in total. The Hall–Kier alpha value is -1.16. The first kappa shape index (κ1) is 12.3. The molecular formula is C13H22N4. The summed E-state index contributed by atoms with van der Waals surface area (Å²) in [6.07, 6.45) is 3.12. The van der Waals surface area contributed by atoms with E-state index in [4.69, 9.17) is 4.98 Å². The number of aryl methyl sites for hydroxylation is 1. The number of anilines is 1. The summed E-state index contributed by atoms with van der Waals surface area (Å²) in [4.78, 5) is 11.5. The molecule has 0 aromatic carbocycles. The van der Waals surface area contributed by atoms with Gasteiger partial charge in [0, 0.05) is 25.8 Å². The van der Waals surface area contributed by atoms with Gasteiger partial charge in [0.05, 0.1) is 5.69 Å². The second-order valence-corrected chi connectivity index (χ2v) is 4.98. The number of aromatic nitrogens is 2. The number of nitrogens with one attached hydrogen (secondary N) is 1. The largest absolute Gasteiger partial charge is 0.339 e. The van der Waals surface area contributed by atoms with E-state index in [1.165, 1.54) is 11.3 Å². The van der Waals surface area contributed by atoms with E-state index in [0.29, 0.717) is 5.92 Å². The van der Waals surface area contributed by atoms with Crippen LogP contribution in [0.3, 0.4) is 0 Å². The molecule has 1 aliphatic heterocycles. The highest BCUT2D eigenvalue weighted by Crippen LogP contribution is 2.19. The first-order valence-corrected chi connectivity index (χ1v) is 6.47. The van der Waals surface area contributed by atoms with Crippen LogP contribution in [0.2, 0.25) is 0 Å². The second-order valence-electron chi connectivity index (χ2n) is 4.98. The van der Waals surface area contributed by atoms with Gasteiger partial charge in [-0.3, -0.25) is 0 Å². The van der Waals surface area contributed by atoms with Crippen LogP contribution in [0, 0.1) is 6.92 Å². The number of nitrogens with zero attached hydrogens (tertiary/aromatic N) is 3. The lowest BCUT2D eigenvalue weighted by Gasteiger charge is -2.21. The van der Waals surface area contributed by atoms with Crippen molar-refractivity contribution < 1.29 is 0 Å². The van der Waals surface area contributed by atoms with Crippen LogP contribution in [0.25, 0.3) is 0 Å². The topological polar surface area (TPSA) is 41.1 Å². The van der Waals surface area contributed by atoms with Crippen LogP contribution in [0.4, 0.5) is 5.95 Å². The van der Waals surface area contributed by atoms with Crippen molar-refractivity contribution in [1.82, 2.24) is 15.3 Å². The predicted molar refractivity (Wildman–Crippen MR) is 70.6 cm³/mol. The third-order valence-corrected chi connectivity index (χ3v) is 3.17. The minimum Gasteiger partial charge on any atom is -0.339 e. The third-order valence-electron chi connectivity index (χ3n) is 3.17. The molecule has 2 rings (SSSR count). The van der Waals surface area contributed by atoms with Gasteiger partial charge >= 0.3 is 0 Å². The standard InChI is InChI=1S/C13H22N4/c1-10(2)12-11(3)9-15-13(16-12)17-7-4-5-14-6-8-17/h9-10,14H,4-8H2,1-3H3. The first-order chi connectivity index (χ1) is 8.18. The van der Waals surface area contributed by atoms with E-state index >= 15 is 0 Å². The van der Waals surface area contributed by atoms with Crippen LogP contribution in [0.15, 0.2) is 6.20 Å². The van der Waals surface area contributed by atoms with Gasteiger partial charge in [0.2, 0.25) is 5.95 Å². The van der Waals surface area contributed by atoms with Crippen molar-refractivity contribution in [2.45, 2.75) is 33.1 Å². The van der Waals surface area contributed by atoms with Crippen molar-refractivity contribution in [1.29, 1.82) is 0 Å². The highest BCUT2D eigenvalue weighted by Gasteiger charge is 2.14. The van der Waals surface area contributed by atoms with Crippen LogP contribution in [-0.4, -0.2) is 36.1 Å². The van der Waals surface area contributed by atoms with E-state index in [0.717, 1.165) is 38.5 Å². The summed E-state index contributed by atoms with van der Waals surface area (Å²) in [5.74, 6) is 1.35. The molecule has 4 nitrogen and oxygen atoms in total. The SMILES string of the molecule is Cc1cnc(N2CCCNCC2)nc1C(C)C. The smallest absolute Gasteiger partial charge is 0.225 e. The van der Waals surface area contributed by atoms with E-state index in [9.17, 15) is 0 Å². The summed E-state index contributed by atoms with van der Waals surface area (Å²) >= 11 is 0. The zero-order valence-corrected chi connectivity index (χ0v) is 11.0. The molecule has 1 aliphatic rings. The lowest BCUT2D eigenvalue weighted by atomic mass is 10.1. The Morgan fingerprint density at radius 3 is 2.88 bits per heavy atom. The molecule has 0 aliphatic carbocycles. The molecule has 94 valence electrons. The average Bonchev–Trinajstić information content (AvgIpc) is 2.58. The Kier molecular flexibility index (Phi) is 3.94. The average molecular weight is 234 g/mol. The highest BCUT2D eigenvalue weighted by atomic mass is 15.3. The maximum absolute atomic E-state index is 4.72. The molecule has 0 bridgehead atoms. The number of hydrogen-bond acceptors (Lipinski definition) is 4. The molecule has 1 fully saturated rings. The molecule has 0 spiro atoms. The van der Waals surface area contributed by atoms with Gasteiger partial charge in [0.25, 0.3) is 0 Å². The highest BCUT2D eigenvalue weighted by molar-refractivity contribution is 5.34. The van der Waals surface area contributed by atoms with Gasteiger partial charge < -0.3 is 10.2 Å². The van der Waals surface area contributed by atoms with E-state index < -0.39 is 0 Å². The van der Waals surface area contributed by atoms with Gasteiger partial charge in [-0.1, -0.05) is 13.8 Å². The number of hydrogen-bond donors (Lipinski definition) is 1. The van der Waals surface area contributed by atoms with E-state index in [1.54, 1.807) is 0 Å². The summed E-state index contributed by atoms with van der Waals surface area (Å²) < 4.78 is 0.